The van der Waals surface area contributed by atoms with Gasteiger partial charge in [-0.15, -0.1) is 5.10 Å². The average molecular weight is 392 g/mol. The highest BCUT2D eigenvalue weighted by atomic mass is 35.5. The third-order valence-electron chi connectivity index (χ3n) is 3.41. The summed E-state index contributed by atoms with van der Waals surface area (Å²) in [5.41, 5.74) is 1.35. The fraction of sp³-hybridized carbons (Fsp3) is 0.118. The van der Waals surface area contributed by atoms with Crippen molar-refractivity contribution < 1.29 is 9.47 Å². The zero-order valence-corrected chi connectivity index (χ0v) is 15.5. The van der Waals surface area contributed by atoms with E-state index in [1.54, 1.807) is 44.6 Å². The van der Waals surface area contributed by atoms with Crippen LogP contribution in [0.15, 0.2) is 42.6 Å². The molecule has 1 heterocycles. The summed E-state index contributed by atoms with van der Waals surface area (Å²) in [5, 5.41) is 14.8. The molecule has 0 aliphatic heterocycles. The Morgan fingerprint density at radius 2 is 1.77 bits per heavy atom. The monoisotopic (exact) mass is 391 g/mol. The molecule has 3 aromatic rings. The molecule has 134 valence electrons. The van der Waals surface area contributed by atoms with Gasteiger partial charge in [-0.25, -0.2) is 0 Å². The Morgan fingerprint density at radius 3 is 2.54 bits per heavy atom. The van der Waals surface area contributed by atoms with Crippen molar-refractivity contribution >= 4 is 46.3 Å². The largest absolute Gasteiger partial charge is 0.493 e. The van der Waals surface area contributed by atoms with Crippen molar-refractivity contribution in [2.24, 2.45) is 0 Å². The number of aromatic nitrogens is 3. The molecule has 0 bridgehead atoms. The first kappa shape index (κ1) is 18.0. The molecular formula is C17H15Cl2N5O2. The summed E-state index contributed by atoms with van der Waals surface area (Å²) in [6.45, 7) is 0. The number of hydrogen-bond donors (Lipinski definition) is 2. The van der Waals surface area contributed by atoms with E-state index in [0.717, 1.165) is 5.69 Å². The maximum absolute atomic E-state index is 6.16. The molecule has 0 fully saturated rings. The fourth-order valence-electron chi connectivity index (χ4n) is 2.20. The van der Waals surface area contributed by atoms with E-state index in [4.69, 9.17) is 32.7 Å². The molecule has 0 aliphatic rings. The van der Waals surface area contributed by atoms with Crippen LogP contribution in [0.4, 0.5) is 23.1 Å². The third kappa shape index (κ3) is 4.07. The van der Waals surface area contributed by atoms with E-state index in [1.165, 1.54) is 6.20 Å². The molecule has 2 N–H and O–H groups in total. The highest BCUT2D eigenvalue weighted by Crippen LogP contribution is 2.32. The van der Waals surface area contributed by atoms with Crippen LogP contribution in [0, 0.1) is 0 Å². The first-order valence-corrected chi connectivity index (χ1v) is 8.26. The Labute approximate surface area is 160 Å². The van der Waals surface area contributed by atoms with Crippen LogP contribution in [0.1, 0.15) is 0 Å². The molecule has 2 aromatic carbocycles. The van der Waals surface area contributed by atoms with Crippen molar-refractivity contribution in [3.63, 3.8) is 0 Å². The van der Waals surface area contributed by atoms with Gasteiger partial charge in [0.05, 0.1) is 36.1 Å². The third-order valence-corrected chi connectivity index (χ3v) is 4.23. The fourth-order valence-corrected chi connectivity index (χ4v) is 2.55. The van der Waals surface area contributed by atoms with E-state index < -0.39 is 0 Å². The van der Waals surface area contributed by atoms with Crippen molar-refractivity contribution in [2.45, 2.75) is 0 Å². The molecule has 0 radical (unpaired) electrons. The summed E-state index contributed by atoms with van der Waals surface area (Å²) in [6.07, 6.45) is 1.50. The summed E-state index contributed by atoms with van der Waals surface area (Å²) >= 11 is 12.2. The van der Waals surface area contributed by atoms with Gasteiger partial charge in [-0.05, 0) is 24.3 Å². The van der Waals surface area contributed by atoms with Gasteiger partial charge in [0.25, 0.3) is 0 Å². The predicted octanol–water partition coefficient (Wildman–Crippen LogP) is 4.68. The number of halogens is 2. The lowest BCUT2D eigenvalue weighted by Gasteiger charge is -2.11. The number of methoxy groups -OCH3 is 2. The molecule has 26 heavy (non-hydrogen) atoms. The van der Waals surface area contributed by atoms with Crippen molar-refractivity contribution in [1.29, 1.82) is 0 Å². The van der Waals surface area contributed by atoms with Crippen molar-refractivity contribution in [3.05, 3.63) is 52.6 Å². The van der Waals surface area contributed by atoms with Crippen LogP contribution in [0.5, 0.6) is 11.5 Å². The molecule has 7 nitrogen and oxygen atoms in total. The van der Waals surface area contributed by atoms with Crippen molar-refractivity contribution in [2.75, 3.05) is 24.9 Å². The van der Waals surface area contributed by atoms with Crippen molar-refractivity contribution in [1.82, 2.24) is 15.2 Å². The minimum Gasteiger partial charge on any atom is -0.493 e. The highest BCUT2D eigenvalue weighted by molar-refractivity contribution is 6.43. The van der Waals surface area contributed by atoms with Crippen LogP contribution in [0.2, 0.25) is 10.0 Å². The van der Waals surface area contributed by atoms with Crippen LogP contribution in [-0.2, 0) is 0 Å². The van der Waals surface area contributed by atoms with Gasteiger partial charge in [-0.3, -0.25) is 0 Å². The van der Waals surface area contributed by atoms with Gasteiger partial charge in [0, 0.05) is 11.8 Å². The molecule has 1 aromatic heterocycles. The van der Waals surface area contributed by atoms with E-state index in [2.05, 4.69) is 25.8 Å². The molecule has 0 spiro atoms. The standard InChI is InChI=1S/C17H15Cl2N5O2/c1-25-13-7-6-10(8-14(13)26-2)21-15-9-20-24-17(23-15)22-12-5-3-4-11(18)16(12)19/h3-9H,1-2H3,(H2,21,22,23,24). The lowest BCUT2D eigenvalue weighted by molar-refractivity contribution is 0.355. The van der Waals surface area contributed by atoms with Gasteiger partial charge >= 0.3 is 0 Å². The van der Waals surface area contributed by atoms with E-state index >= 15 is 0 Å². The second kappa shape index (κ2) is 8.07. The minimum absolute atomic E-state index is 0.277. The van der Waals surface area contributed by atoms with Gasteiger partial charge in [0.15, 0.2) is 17.3 Å². The topological polar surface area (TPSA) is 81.2 Å². The summed E-state index contributed by atoms with van der Waals surface area (Å²) < 4.78 is 10.5. The SMILES string of the molecule is COc1ccc(Nc2cnnc(Nc3cccc(Cl)c3Cl)n2)cc1OC. The van der Waals surface area contributed by atoms with Gasteiger partial charge in [0.2, 0.25) is 5.95 Å². The lowest BCUT2D eigenvalue weighted by Crippen LogP contribution is -2.03. The Hall–Kier alpha value is -2.77. The zero-order chi connectivity index (χ0) is 18.5. The highest BCUT2D eigenvalue weighted by Gasteiger charge is 2.09. The molecule has 0 saturated heterocycles. The lowest BCUT2D eigenvalue weighted by atomic mass is 10.2. The Morgan fingerprint density at radius 1 is 0.962 bits per heavy atom. The van der Waals surface area contributed by atoms with E-state index in [1.807, 2.05) is 6.07 Å². The van der Waals surface area contributed by atoms with Gasteiger partial charge in [-0.1, -0.05) is 29.3 Å². The van der Waals surface area contributed by atoms with E-state index in [-0.39, 0.29) is 5.95 Å². The van der Waals surface area contributed by atoms with Crippen LogP contribution in [-0.4, -0.2) is 29.4 Å². The number of hydrogen-bond acceptors (Lipinski definition) is 7. The second-order valence-corrected chi connectivity index (χ2v) is 5.87. The maximum atomic E-state index is 6.16. The van der Waals surface area contributed by atoms with Crippen LogP contribution < -0.4 is 20.1 Å². The molecular weight excluding hydrogens is 377 g/mol. The summed E-state index contributed by atoms with van der Waals surface area (Å²) in [6, 6.07) is 10.7. The second-order valence-electron chi connectivity index (χ2n) is 5.09. The number of ether oxygens (including phenoxy) is 2. The Bertz CT molecular complexity index is 923. The summed E-state index contributed by atoms with van der Waals surface area (Å²) in [4.78, 5) is 4.36. The molecule has 0 amide bonds. The van der Waals surface area contributed by atoms with Gasteiger partial charge in [0.1, 0.15) is 0 Å². The Kier molecular flexibility index (Phi) is 5.60. The molecule has 3 rings (SSSR count). The quantitative estimate of drug-likeness (QED) is 0.630. The predicted molar refractivity (Wildman–Crippen MR) is 102 cm³/mol. The summed E-state index contributed by atoms with van der Waals surface area (Å²) in [5.74, 6) is 2.01. The number of benzene rings is 2. The number of nitrogens with zero attached hydrogens (tertiary/aromatic N) is 3. The van der Waals surface area contributed by atoms with Crippen LogP contribution >= 0.6 is 23.2 Å². The minimum atomic E-state index is 0.277. The molecule has 0 saturated carbocycles. The van der Waals surface area contributed by atoms with Crippen molar-refractivity contribution in [3.8, 4) is 11.5 Å². The maximum Gasteiger partial charge on any atom is 0.249 e. The molecule has 0 atom stereocenters. The first-order chi connectivity index (χ1) is 12.6. The van der Waals surface area contributed by atoms with E-state index in [9.17, 15) is 0 Å². The first-order valence-electron chi connectivity index (χ1n) is 7.50. The van der Waals surface area contributed by atoms with Gasteiger partial charge in [-0.2, -0.15) is 10.1 Å². The number of anilines is 4. The number of rotatable bonds is 6. The zero-order valence-electron chi connectivity index (χ0n) is 14.0. The smallest absolute Gasteiger partial charge is 0.249 e. The van der Waals surface area contributed by atoms with Crippen LogP contribution in [0.3, 0.4) is 0 Å². The summed E-state index contributed by atoms with van der Waals surface area (Å²) in [7, 11) is 3.16. The molecule has 0 aliphatic carbocycles. The van der Waals surface area contributed by atoms with Gasteiger partial charge < -0.3 is 20.1 Å². The Balaban J connectivity index is 1.80. The van der Waals surface area contributed by atoms with E-state index in [0.29, 0.717) is 33.0 Å². The molecule has 9 heteroatoms. The normalized spacial score (nSPS) is 10.3. The number of nitrogens with one attached hydrogen (secondary N) is 2. The molecule has 0 unspecified atom stereocenters. The van der Waals surface area contributed by atoms with Crippen LogP contribution in [0.25, 0.3) is 0 Å². The average Bonchev–Trinajstić information content (AvgIpc) is 2.65.